The second-order valence-electron chi connectivity index (χ2n) is 4.46. The van der Waals surface area contributed by atoms with E-state index in [0.717, 1.165) is 24.8 Å². The molecule has 0 amide bonds. The Hall–Kier alpha value is -0.960. The van der Waals surface area contributed by atoms with Crippen LogP contribution in [0.2, 0.25) is 5.02 Å². The van der Waals surface area contributed by atoms with Crippen molar-refractivity contribution in [1.29, 1.82) is 0 Å². The van der Waals surface area contributed by atoms with Gasteiger partial charge < -0.3 is 10.6 Å². The van der Waals surface area contributed by atoms with Crippen molar-refractivity contribution in [3.8, 4) is 0 Å². The predicted molar refractivity (Wildman–Crippen MR) is 68.9 cm³/mol. The molecule has 0 bridgehead atoms. The SMILES string of the molecule is CCCC1CCN(c2ncc(Cl)cc2N)C1. The number of hydrogen-bond acceptors (Lipinski definition) is 3. The van der Waals surface area contributed by atoms with Crippen LogP contribution in [0.1, 0.15) is 26.2 Å². The number of anilines is 2. The van der Waals surface area contributed by atoms with Crippen LogP contribution in [-0.2, 0) is 0 Å². The third-order valence-corrected chi connectivity index (χ3v) is 3.35. The number of nitrogen functional groups attached to an aromatic ring is 1. The first-order valence-corrected chi connectivity index (χ1v) is 6.24. The topological polar surface area (TPSA) is 42.2 Å². The fourth-order valence-corrected chi connectivity index (χ4v) is 2.55. The molecule has 0 aliphatic carbocycles. The molecule has 2 rings (SSSR count). The Kier molecular flexibility index (Phi) is 3.54. The zero-order valence-corrected chi connectivity index (χ0v) is 10.4. The van der Waals surface area contributed by atoms with Crippen molar-refractivity contribution in [2.45, 2.75) is 26.2 Å². The van der Waals surface area contributed by atoms with Crippen molar-refractivity contribution in [2.75, 3.05) is 23.7 Å². The number of nitrogens with two attached hydrogens (primary N) is 1. The number of hydrogen-bond donors (Lipinski definition) is 1. The van der Waals surface area contributed by atoms with E-state index in [2.05, 4.69) is 16.8 Å². The Bertz CT molecular complexity index is 367. The van der Waals surface area contributed by atoms with Gasteiger partial charge in [0.05, 0.1) is 10.7 Å². The maximum atomic E-state index is 5.93. The molecule has 0 saturated carbocycles. The lowest BCUT2D eigenvalue weighted by molar-refractivity contribution is 0.529. The second kappa shape index (κ2) is 4.91. The zero-order chi connectivity index (χ0) is 11.5. The first-order valence-electron chi connectivity index (χ1n) is 5.86. The summed E-state index contributed by atoms with van der Waals surface area (Å²) in [5.74, 6) is 1.69. The van der Waals surface area contributed by atoms with Crippen LogP contribution < -0.4 is 10.6 Å². The van der Waals surface area contributed by atoms with Gasteiger partial charge >= 0.3 is 0 Å². The first-order chi connectivity index (χ1) is 7.70. The summed E-state index contributed by atoms with van der Waals surface area (Å²) >= 11 is 5.84. The Morgan fingerprint density at radius 1 is 1.62 bits per heavy atom. The number of rotatable bonds is 3. The van der Waals surface area contributed by atoms with Gasteiger partial charge in [-0.2, -0.15) is 0 Å². The quantitative estimate of drug-likeness (QED) is 0.882. The Morgan fingerprint density at radius 3 is 3.12 bits per heavy atom. The van der Waals surface area contributed by atoms with Crippen LogP contribution in [0.15, 0.2) is 12.3 Å². The number of halogens is 1. The van der Waals surface area contributed by atoms with Gasteiger partial charge in [0.1, 0.15) is 0 Å². The molecule has 16 heavy (non-hydrogen) atoms. The van der Waals surface area contributed by atoms with Crippen LogP contribution in [0.25, 0.3) is 0 Å². The Labute approximate surface area is 102 Å². The van der Waals surface area contributed by atoms with Crippen molar-refractivity contribution in [3.05, 3.63) is 17.3 Å². The molecule has 88 valence electrons. The van der Waals surface area contributed by atoms with E-state index in [-0.39, 0.29) is 0 Å². The fraction of sp³-hybridized carbons (Fsp3) is 0.583. The lowest BCUT2D eigenvalue weighted by atomic mass is 10.0. The second-order valence-corrected chi connectivity index (χ2v) is 4.89. The van der Waals surface area contributed by atoms with Crippen molar-refractivity contribution in [2.24, 2.45) is 5.92 Å². The highest BCUT2D eigenvalue weighted by Gasteiger charge is 2.23. The van der Waals surface area contributed by atoms with Crippen LogP contribution in [0.3, 0.4) is 0 Å². The van der Waals surface area contributed by atoms with E-state index in [9.17, 15) is 0 Å². The normalized spacial score (nSPS) is 20.4. The van der Waals surface area contributed by atoms with E-state index in [4.69, 9.17) is 17.3 Å². The van der Waals surface area contributed by atoms with Crippen LogP contribution in [-0.4, -0.2) is 18.1 Å². The minimum atomic E-state index is 0.602. The van der Waals surface area contributed by atoms with E-state index >= 15 is 0 Å². The maximum Gasteiger partial charge on any atom is 0.151 e. The lowest BCUT2D eigenvalue weighted by Crippen LogP contribution is -2.22. The van der Waals surface area contributed by atoms with E-state index in [1.165, 1.54) is 19.3 Å². The predicted octanol–water partition coefficient (Wildman–Crippen LogP) is 2.94. The molecule has 1 aliphatic rings. The molecule has 3 nitrogen and oxygen atoms in total. The molecule has 2 heterocycles. The minimum Gasteiger partial charge on any atom is -0.396 e. The monoisotopic (exact) mass is 239 g/mol. The van der Waals surface area contributed by atoms with Crippen LogP contribution in [0, 0.1) is 5.92 Å². The highest BCUT2D eigenvalue weighted by Crippen LogP contribution is 2.29. The average Bonchev–Trinajstić information content (AvgIpc) is 2.67. The van der Waals surface area contributed by atoms with Gasteiger partial charge in [-0.05, 0) is 24.8 Å². The molecule has 1 aromatic rings. The van der Waals surface area contributed by atoms with E-state index in [1.807, 2.05) is 0 Å². The smallest absolute Gasteiger partial charge is 0.151 e. The summed E-state index contributed by atoms with van der Waals surface area (Å²) in [6, 6.07) is 1.77. The number of pyridine rings is 1. The summed E-state index contributed by atoms with van der Waals surface area (Å²) in [5.41, 5.74) is 6.62. The van der Waals surface area contributed by atoms with Gasteiger partial charge in [0.25, 0.3) is 0 Å². The standard InChI is InChI=1S/C12H18ClN3/c1-2-3-9-4-5-16(8-9)12-11(14)6-10(13)7-15-12/h6-7,9H,2-5,8,14H2,1H3. The van der Waals surface area contributed by atoms with Gasteiger partial charge in [-0.1, -0.05) is 24.9 Å². The highest BCUT2D eigenvalue weighted by atomic mass is 35.5. The molecule has 1 fully saturated rings. The number of aromatic nitrogens is 1. The van der Waals surface area contributed by atoms with Crippen LogP contribution in [0.5, 0.6) is 0 Å². The van der Waals surface area contributed by atoms with Crippen molar-refractivity contribution in [1.82, 2.24) is 4.98 Å². The van der Waals surface area contributed by atoms with Gasteiger partial charge in [-0.3, -0.25) is 0 Å². The van der Waals surface area contributed by atoms with Gasteiger partial charge in [0.2, 0.25) is 0 Å². The van der Waals surface area contributed by atoms with Crippen LogP contribution in [0.4, 0.5) is 11.5 Å². The number of nitrogens with zero attached hydrogens (tertiary/aromatic N) is 2. The molecule has 1 saturated heterocycles. The third-order valence-electron chi connectivity index (χ3n) is 3.14. The molecule has 4 heteroatoms. The van der Waals surface area contributed by atoms with Crippen molar-refractivity contribution in [3.63, 3.8) is 0 Å². The summed E-state index contributed by atoms with van der Waals surface area (Å²) in [5, 5.41) is 0.602. The summed E-state index contributed by atoms with van der Waals surface area (Å²) in [7, 11) is 0. The van der Waals surface area contributed by atoms with Gasteiger partial charge in [-0.15, -0.1) is 0 Å². The minimum absolute atomic E-state index is 0.602. The molecule has 1 aromatic heterocycles. The summed E-state index contributed by atoms with van der Waals surface area (Å²) in [6.45, 7) is 4.37. The Balaban J connectivity index is 2.08. The zero-order valence-electron chi connectivity index (χ0n) is 9.62. The highest BCUT2D eigenvalue weighted by molar-refractivity contribution is 6.30. The lowest BCUT2D eigenvalue weighted by Gasteiger charge is -2.19. The molecule has 1 atom stereocenters. The molecule has 1 aliphatic heterocycles. The van der Waals surface area contributed by atoms with E-state index in [0.29, 0.717) is 10.7 Å². The molecular formula is C12H18ClN3. The summed E-state index contributed by atoms with van der Waals surface area (Å²) < 4.78 is 0. The van der Waals surface area contributed by atoms with E-state index < -0.39 is 0 Å². The van der Waals surface area contributed by atoms with Crippen molar-refractivity contribution < 1.29 is 0 Å². The van der Waals surface area contributed by atoms with Gasteiger partial charge in [-0.25, -0.2) is 4.98 Å². The molecule has 2 N–H and O–H groups in total. The molecule has 0 spiro atoms. The summed E-state index contributed by atoms with van der Waals surface area (Å²) in [4.78, 5) is 6.59. The maximum absolute atomic E-state index is 5.93. The van der Waals surface area contributed by atoms with Crippen molar-refractivity contribution >= 4 is 23.1 Å². The van der Waals surface area contributed by atoms with Gasteiger partial charge in [0.15, 0.2) is 5.82 Å². The molecule has 0 aromatic carbocycles. The fourth-order valence-electron chi connectivity index (χ4n) is 2.38. The molecule has 1 unspecified atom stereocenters. The van der Waals surface area contributed by atoms with Crippen LogP contribution >= 0.6 is 11.6 Å². The molecular weight excluding hydrogens is 222 g/mol. The first kappa shape index (κ1) is 11.5. The van der Waals surface area contributed by atoms with Gasteiger partial charge in [0, 0.05) is 19.3 Å². The van der Waals surface area contributed by atoms with E-state index in [1.54, 1.807) is 12.3 Å². The largest absolute Gasteiger partial charge is 0.396 e. The summed E-state index contributed by atoms with van der Waals surface area (Å²) in [6.07, 6.45) is 5.46. The third kappa shape index (κ3) is 2.40. The average molecular weight is 240 g/mol. The molecule has 0 radical (unpaired) electrons. The Morgan fingerprint density at radius 2 is 2.44 bits per heavy atom.